The van der Waals surface area contributed by atoms with Crippen molar-refractivity contribution in [3.05, 3.63) is 76.8 Å². The standard InChI is InChI=1S/C21H16F6N2O4S/c1-10(12-8-15(23)19(16(24)9-12)29-34(2,31)32)28-20(30)18-6-5-17(33-18)11-3-4-14(22)13(7-11)21(25,26)27/h3-10,29H,1-2H3,(H,28,30)/t10-/m1/s1. The van der Waals surface area contributed by atoms with Gasteiger partial charge in [0, 0.05) is 5.56 Å². The van der Waals surface area contributed by atoms with Crippen LogP contribution in [0.4, 0.5) is 32.0 Å². The van der Waals surface area contributed by atoms with Gasteiger partial charge in [0.1, 0.15) is 17.3 Å². The van der Waals surface area contributed by atoms with Crippen molar-refractivity contribution in [2.75, 3.05) is 11.0 Å². The van der Waals surface area contributed by atoms with Crippen molar-refractivity contribution in [1.82, 2.24) is 5.32 Å². The first kappa shape index (κ1) is 25.1. The molecule has 0 saturated heterocycles. The fraction of sp³-hybridized carbons (Fsp3) is 0.190. The Labute approximate surface area is 189 Å². The largest absolute Gasteiger partial charge is 0.451 e. The van der Waals surface area contributed by atoms with Gasteiger partial charge in [0.05, 0.1) is 17.9 Å². The van der Waals surface area contributed by atoms with Gasteiger partial charge in [0.25, 0.3) is 5.91 Å². The zero-order chi connectivity index (χ0) is 25.4. The molecule has 0 bridgehead atoms. The van der Waals surface area contributed by atoms with Gasteiger partial charge >= 0.3 is 6.18 Å². The number of nitrogens with one attached hydrogen (secondary N) is 2. The number of furan rings is 1. The lowest BCUT2D eigenvalue weighted by Crippen LogP contribution is -2.26. The highest BCUT2D eigenvalue weighted by molar-refractivity contribution is 7.92. The van der Waals surface area contributed by atoms with Gasteiger partial charge in [-0.1, -0.05) is 0 Å². The van der Waals surface area contributed by atoms with Crippen LogP contribution >= 0.6 is 0 Å². The molecule has 3 rings (SSSR count). The van der Waals surface area contributed by atoms with Crippen LogP contribution in [0.15, 0.2) is 46.9 Å². The normalized spacial score (nSPS) is 12.9. The molecular formula is C21H16F6N2O4S. The Balaban J connectivity index is 1.79. The van der Waals surface area contributed by atoms with Crippen molar-refractivity contribution < 1.29 is 44.0 Å². The summed E-state index contributed by atoms with van der Waals surface area (Å²) < 4.78 is 110. The quantitative estimate of drug-likeness (QED) is 0.448. The summed E-state index contributed by atoms with van der Waals surface area (Å²) in [7, 11) is -3.94. The van der Waals surface area contributed by atoms with E-state index >= 15 is 0 Å². The first-order valence-corrected chi connectivity index (χ1v) is 11.3. The molecule has 2 N–H and O–H groups in total. The number of sulfonamides is 1. The number of amides is 1. The smallest absolute Gasteiger partial charge is 0.419 e. The van der Waals surface area contributed by atoms with Crippen molar-refractivity contribution in [3.63, 3.8) is 0 Å². The first-order chi connectivity index (χ1) is 15.7. The Morgan fingerprint density at radius 2 is 1.59 bits per heavy atom. The Morgan fingerprint density at radius 1 is 0.971 bits per heavy atom. The van der Waals surface area contributed by atoms with Crippen LogP contribution in [-0.2, 0) is 16.2 Å². The molecule has 3 aromatic rings. The van der Waals surface area contributed by atoms with Crippen LogP contribution in [0.25, 0.3) is 11.3 Å². The minimum atomic E-state index is -4.93. The number of rotatable bonds is 6. The number of anilines is 1. The van der Waals surface area contributed by atoms with Gasteiger partial charge in [-0.05, 0) is 55.0 Å². The summed E-state index contributed by atoms with van der Waals surface area (Å²) >= 11 is 0. The molecule has 1 aromatic heterocycles. The second kappa shape index (κ2) is 9.05. The van der Waals surface area contributed by atoms with Crippen LogP contribution in [0.1, 0.15) is 34.6 Å². The van der Waals surface area contributed by atoms with Crippen molar-refractivity contribution in [3.8, 4) is 11.3 Å². The zero-order valence-electron chi connectivity index (χ0n) is 17.4. The monoisotopic (exact) mass is 506 g/mol. The van der Waals surface area contributed by atoms with E-state index in [-0.39, 0.29) is 22.6 Å². The van der Waals surface area contributed by atoms with E-state index in [0.717, 1.165) is 30.5 Å². The molecule has 0 fully saturated rings. The van der Waals surface area contributed by atoms with Crippen LogP contribution in [0.3, 0.4) is 0 Å². The van der Waals surface area contributed by atoms with Crippen LogP contribution < -0.4 is 10.0 Å². The van der Waals surface area contributed by atoms with E-state index in [0.29, 0.717) is 12.1 Å². The van der Waals surface area contributed by atoms with Gasteiger partial charge in [-0.3, -0.25) is 9.52 Å². The van der Waals surface area contributed by atoms with E-state index in [1.807, 2.05) is 0 Å². The van der Waals surface area contributed by atoms with E-state index in [1.165, 1.54) is 13.0 Å². The molecule has 0 aliphatic carbocycles. The second-order valence-electron chi connectivity index (χ2n) is 7.29. The van der Waals surface area contributed by atoms with Crippen molar-refractivity contribution in [2.45, 2.75) is 19.1 Å². The van der Waals surface area contributed by atoms with Crippen molar-refractivity contribution in [1.29, 1.82) is 0 Å². The Morgan fingerprint density at radius 3 is 2.15 bits per heavy atom. The zero-order valence-corrected chi connectivity index (χ0v) is 18.2. The highest BCUT2D eigenvalue weighted by Crippen LogP contribution is 2.35. The second-order valence-corrected chi connectivity index (χ2v) is 9.03. The molecule has 182 valence electrons. The average Bonchev–Trinajstić information content (AvgIpc) is 3.19. The molecule has 34 heavy (non-hydrogen) atoms. The maximum absolute atomic E-state index is 14.2. The molecule has 1 atom stereocenters. The summed E-state index contributed by atoms with van der Waals surface area (Å²) in [5.41, 5.74) is -2.54. The molecular weight excluding hydrogens is 490 g/mol. The predicted octanol–water partition coefficient (Wildman–Crippen LogP) is 5.25. The van der Waals surface area contributed by atoms with E-state index in [4.69, 9.17) is 4.42 Å². The minimum Gasteiger partial charge on any atom is -0.451 e. The molecule has 0 radical (unpaired) electrons. The molecule has 6 nitrogen and oxygen atoms in total. The third kappa shape index (κ3) is 5.71. The van der Waals surface area contributed by atoms with Gasteiger partial charge in [-0.2, -0.15) is 13.2 Å². The maximum Gasteiger partial charge on any atom is 0.419 e. The molecule has 0 aliphatic heterocycles. The number of hydrogen-bond donors (Lipinski definition) is 2. The SMILES string of the molecule is C[C@@H](NC(=O)c1ccc(-c2ccc(F)c(C(F)(F)F)c2)o1)c1cc(F)c(NS(C)(=O)=O)c(F)c1. The Kier molecular flexibility index (Phi) is 6.69. The summed E-state index contributed by atoms with van der Waals surface area (Å²) in [4.78, 5) is 12.5. The van der Waals surface area contributed by atoms with Gasteiger partial charge in [-0.15, -0.1) is 0 Å². The Bertz CT molecular complexity index is 1330. The lowest BCUT2D eigenvalue weighted by atomic mass is 10.1. The Hall–Kier alpha value is -3.48. The van der Waals surface area contributed by atoms with E-state index < -0.39 is 56.9 Å². The highest BCUT2D eigenvalue weighted by atomic mass is 32.2. The van der Waals surface area contributed by atoms with E-state index in [2.05, 4.69) is 5.32 Å². The lowest BCUT2D eigenvalue weighted by Gasteiger charge is -2.15. The lowest BCUT2D eigenvalue weighted by molar-refractivity contribution is -0.139. The highest BCUT2D eigenvalue weighted by Gasteiger charge is 2.34. The number of carbonyl (C=O) groups excluding carboxylic acids is 1. The first-order valence-electron chi connectivity index (χ1n) is 9.40. The van der Waals surface area contributed by atoms with Crippen molar-refractivity contribution >= 4 is 21.6 Å². The number of carbonyl (C=O) groups is 1. The van der Waals surface area contributed by atoms with Crippen LogP contribution in [0, 0.1) is 17.5 Å². The topological polar surface area (TPSA) is 88.4 Å². The number of hydrogen-bond acceptors (Lipinski definition) is 4. The molecule has 13 heteroatoms. The fourth-order valence-electron chi connectivity index (χ4n) is 2.99. The molecule has 0 saturated carbocycles. The average molecular weight is 506 g/mol. The summed E-state index contributed by atoms with van der Waals surface area (Å²) in [5.74, 6) is -5.20. The third-order valence-corrected chi connectivity index (χ3v) is 5.16. The molecule has 1 heterocycles. The van der Waals surface area contributed by atoms with Gasteiger partial charge < -0.3 is 9.73 Å². The van der Waals surface area contributed by atoms with Crippen molar-refractivity contribution in [2.24, 2.45) is 0 Å². The predicted molar refractivity (Wildman–Crippen MR) is 110 cm³/mol. The van der Waals surface area contributed by atoms with E-state index in [9.17, 15) is 39.6 Å². The summed E-state index contributed by atoms with van der Waals surface area (Å²) in [6.07, 6.45) is -4.21. The molecule has 1 amide bonds. The van der Waals surface area contributed by atoms with Crippen LogP contribution in [-0.4, -0.2) is 20.6 Å². The molecule has 0 spiro atoms. The number of halogens is 6. The maximum atomic E-state index is 14.2. The van der Waals surface area contributed by atoms with E-state index in [1.54, 1.807) is 4.72 Å². The molecule has 0 unspecified atom stereocenters. The number of alkyl halides is 3. The van der Waals surface area contributed by atoms with Gasteiger partial charge in [-0.25, -0.2) is 21.6 Å². The molecule has 2 aromatic carbocycles. The summed E-state index contributed by atoms with van der Waals surface area (Å²) in [6, 6.07) is 5.25. The van der Waals surface area contributed by atoms with Crippen LogP contribution in [0.5, 0.6) is 0 Å². The van der Waals surface area contributed by atoms with Gasteiger partial charge in [0.2, 0.25) is 10.0 Å². The van der Waals surface area contributed by atoms with Crippen LogP contribution in [0.2, 0.25) is 0 Å². The fourth-order valence-corrected chi connectivity index (χ4v) is 3.55. The summed E-state index contributed by atoms with van der Waals surface area (Å²) in [5, 5.41) is 2.40. The number of benzene rings is 2. The summed E-state index contributed by atoms with van der Waals surface area (Å²) in [6.45, 7) is 1.38. The third-order valence-electron chi connectivity index (χ3n) is 4.59. The molecule has 0 aliphatic rings. The minimum absolute atomic E-state index is 0.0393. The van der Waals surface area contributed by atoms with Gasteiger partial charge in [0.15, 0.2) is 17.4 Å².